The molecule has 124 valence electrons. The first-order valence-corrected chi connectivity index (χ1v) is 8.28. The van der Waals surface area contributed by atoms with Gasteiger partial charge in [0, 0.05) is 31.1 Å². The summed E-state index contributed by atoms with van der Waals surface area (Å²) in [5.41, 5.74) is 2.31. The molecule has 0 unspecified atom stereocenters. The van der Waals surface area contributed by atoms with E-state index in [9.17, 15) is 4.79 Å². The van der Waals surface area contributed by atoms with Crippen molar-refractivity contribution in [2.75, 3.05) is 13.1 Å². The number of nitrogens with one attached hydrogen (secondary N) is 2. The van der Waals surface area contributed by atoms with Gasteiger partial charge < -0.3 is 14.6 Å². The molecule has 6 heteroatoms. The summed E-state index contributed by atoms with van der Waals surface area (Å²) in [5.74, 6) is 0.410. The van der Waals surface area contributed by atoms with E-state index in [1.54, 1.807) is 12.1 Å². The number of carbonyl (C=O) groups is 1. The second-order valence-electron chi connectivity index (χ2n) is 6.18. The molecule has 0 bridgehead atoms. The number of para-hydroxylation sites is 1. The van der Waals surface area contributed by atoms with Crippen molar-refractivity contribution < 1.29 is 9.21 Å². The first kappa shape index (κ1) is 15.0. The second-order valence-corrected chi connectivity index (χ2v) is 6.18. The average Bonchev–Trinajstić information content (AvgIpc) is 3.31. The van der Waals surface area contributed by atoms with Gasteiger partial charge in [-0.05, 0) is 30.5 Å². The van der Waals surface area contributed by atoms with E-state index in [0.29, 0.717) is 11.8 Å². The highest BCUT2D eigenvalue weighted by Crippen LogP contribution is 2.18. The number of amides is 1. The number of aromatic nitrogens is 2. The number of H-pyrrole nitrogens is 1. The van der Waals surface area contributed by atoms with Crippen molar-refractivity contribution in [3.63, 3.8) is 0 Å². The van der Waals surface area contributed by atoms with E-state index in [4.69, 9.17) is 4.42 Å². The van der Waals surface area contributed by atoms with Crippen LogP contribution >= 0.6 is 0 Å². The maximum absolute atomic E-state index is 12.3. The Morgan fingerprint density at radius 1 is 1.29 bits per heavy atom. The highest BCUT2D eigenvalue weighted by molar-refractivity contribution is 5.91. The molecule has 0 aliphatic carbocycles. The van der Waals surface area contributed by atoms with Crippen molar-refractivity contribution in [2.24, 2.45) is 0 Å². The normalized spacial score (nSPS) is 15.9. The van der Waals surface area contributed by atoms with E-state index in [0.717, 1.165) is 43.4 Å². The lowest BCUT2D eigenvalue weighted by Gasteiger charge is -2.32. The molecule has 0 radical (unpaired) electrons. The Morgan fingerprint density at radius 3 is 2.96 bits per heavy atom. The van der Waals surface area contributed by atoms with Crippen LogP contribution in [0.5, 0.6) is 0 Å². The van der Waals surface area contributed by atoms with Crippen molar-refractivity contribution in [3.05, 3.63) is 54.1 Å². The zero-order valence-electron chi connectivity index (χ0n) is 13.4. The van der Waals surface area contributed by atoms with Gasteiger partial charge in [0.15, 0.2) is 5.76 Å². The smallest absolute Gasteiger partial charge is 0.289 e. The summed E-state index contributed by atoms with van der Waals surface area (Å²) in [6.07, 6.45) is 5.28. The Bertz CT molecular complexity index is 817. The summed E-state index contributed by atoms with van der Waals surface area (Å²) in [6, 6.07) is 10.1. The summed E-state index contributed by atoms with van der Waals surface area (Å²) in [5, 5.41) is 11.9. The van der Waals surface area contributed by atoms with Gasteiger partial charge in [-0.25, -0.2) is 0 Å². The third-order valence-corrected chi connectivity index (χ3v) is 4.66. The van der Waals surface area contributed by atoms with E-state index >= 15 is 0 Å². The van der Waals surface area contributed by atoms with Crippen LogP contribution in [0.15, 0.2) is 47.2 Å². The van der Waals surface area contributed by atoms with Gasteiger partial charge in [0.2, 0.25) is 0 Å². The number of hydrogen-bond acceptors (Lipinski definition) is 4. The van der Waals surface area contributed by atoms with Crippen LogP contribution in [0.4, 0.5) is 0 Å². The SMILES string of the molecule is O=C(c1ccco1)N1CCC(NCc2cccc3cn[nH]c23)CC1. The largest absolute Gasteiger partial charge is 0.459 e. The summed E-state index contributed by atoms with van der Waals surface area (Å²) in [6.45, 7) is 2.31. The predicted molar refractivity (Wildman–Crippen MR) is 90.6 cm³/mol. The number of rotatable bonds is 4. The Balaban J connectivity index is 1.32. The first-order chi connectivity index (χ1) is 11.8. The number of nitrogens with zero attached hydrogens (tertiary/aromatic N) is 2. The van der Waals surface area contributed by atoms with E-state index in [1.807, 2.05) is 11.1 Å². The van der Waals surface area contributed by atoms with Crippen LogP contribution in [0.2, 0.25) is 0 Å². The molecule has 1 fully saturated rings. The molecule has 2 N–H and O–H groups in total. The van der Waals surface area contributed by atoms with Gasteiger partial charge in [0.05, 0.1) is 18.0 Å². The average molecular weight is 324 g/mol. The molecule has 1 aromatic carbocycles. The maximum Gasteiger partial charge on any atom is 0.289 e. The number of aromatic amines is 1. The van der Waals surface area contributed by atoms with E-state index in [1.165, 1.54) is 11.8 Å². The lowest BCUT2D eigenvalue weighted by atomic mass is 10.0. The predicted octanol–water partition coefficient (Wildman–Crippen LogP) is 2.55. The van der Waals surface area contributed by atoms with Gasteiger partial charge in [0.1, 0.15) is 0 Å². The topological polar surface area (TPSA) is 74.2 Å². The number of hydrogen-bond donors (Lipinski definition) is 2. The van der Waals surface area contributed by atoms with Crippen LogP contribution in [0.3, 0.4) is 0 Å². The first-order valence-electron chi connectivity index (χ1n) is 8.28. The minimum atomic E-state index is -0.0133. The van der Waals surface area contributed by atoms with Gasteiger partial charge in [-0.15, -0.1) is 0 Å². The fourth-order valence-corrected chi connectivity index (χ4v) is 3.27. The van der Waals surface area contributed by atoms with Crippen LogP contribution in [0.1, 0.15) is 29.0 Å². The molecule has 6 nitrogen and oxygen atoms in total. The number of fused-ring (bicyclic) bond motifs is 1. The minimum Gasteiger partial charge on any atom is -0.459 e. The maximum atomic E-state index is 12.3. The molecular weight excluding hydrogens is 304 g/mol. The van der Waals surface area contributed by atoms with Crippen molar-refractivity contribution in [1.82, 2.24) is 20.4 Å². The Kier molecular flexibility index (Phi) is 4.04. The molecule has 0 atom stereocenters. The minimum absolute atomic E-state index is 0.0133. The van der Waals surface area contributed by atoms with Gasteiger partial charge >= 0.3 is 0 Å². The zero-order chi connectivity index (χ0) is 16.4. The quantitative estimate of drug-likeness (QED) is 0.773. The third kappa shape index (κ3) is 2.92. The molecule has 0 saturated carbocycles. The van der Waals surface area contributed by atoms with Crippen LogP contribution in [0, 0.1) is 0 Å². The van der Waals surface area contributed by atoms with Crippen LogP contribution in [-0.4, -0.2) is 40.1 Å². The molecule has 3 aromatic rings. The Labute approximate surface area is 139 Å². The highest BCUT2D eigenvalue weighted by atomic mass is 16.3. The number of furan rings is 1. The third-order valence-electron chi connectivity index (χ3n) is 4.66. The van der Waals surface area contributed by atoms with Gasteiger partial charge in [-0.1, -0.05) is 18.2 Å². The van der Waals surface area contributed by atoms with E-state index < -0.39 is 0 Å². The molecule has 3 heterocycles. The molecule has 0 spiro atoms. The molecule has 4 rings (SSSR count). The molecule has 1 aliphatic rings. The summed E-state index contributed by atoms with van der Waals surface area (Å²) in [4.78, 5) is 14.1. The van der Waals surface area contributed by atoms with Crippen molar-refractivity contribution in [1.29, 1.82) is 0 Å². The van der Waals surface area contributed by atoms with Crippen LogP contribution in [0.25, 0.3) is 10.9 Å². The lowest BCUT2D eigenvalue weighted by Crippen LogP contribution is -2.44. The highest BCUT2D eigenvalue weighted by Gasteiger charge is 2.24. The van der Waals surface area contributed by atoms with Gasteiger partial charge in [-0.2, -0.15) is 5.10 Å². The molecule has 1 aliphatic heterocycles. The zero-order valence-corrected chi connectivity index (χ0v) is 13.4. The number of benzene rings is 1. The van der Waals surface area contributed by atoms with Crippen molar-refractivity contribution in [3.8, 4) is 0 Å². The fourth-order valence-electron chi connectivity index (χ4n) is 3.27. The molecule has 2 aromatic heterocycles. The Morgan fingerprint density at radius 2 is 2.17 bits per heavy atom. The lowest BCUT2D eigenvalue weighted by molar-refractivity contribution is 0.0672. The molecule has 1 saturated heterocycles. The summed E-state index contributed by atoms with van der Waals surface area (Å²) in [7, 11) is 0. The monoisotopic (exact) mass is 324 g/mol. The van der Waals surface area contributed by atoms with Gasteiger partial charge in [0.25, 0.3) is 5.91 Å². The second kappa shape index (κ2) is 6.49. The summed E-state index contributed by atoms with van der Waals surface area (Å²) < 4.78 is 5.20. The molecule has 1 amide bonds. The Hall–Kier alpha value is -2.60. The summed E-state index contributed by atoms with van der Waals surface area (Å²) >= 11 is 0. The number of carbonyl (C=O) groups excluding carboxylic acids is 1. The number of likely N-dealkylation sites (tertiary alicyclic amines) is 1. The van der Waals surface area contributed by atoms with E-state index in [-0.39, 0.29) is 5.91 Å². The molecule has 24 heavy (non-hydrogen) atoms. The number of piperidine rings is 1. The molecular formula is C18H20N4O2. The van der Waals surface area contributed by atoms with Crippen molar-refractivity contribution in [2.45, 2.75) is 25.4 Å². The van der Waals surface area contributed by atoms with E-state index in [2.05, 4.69) is 33.7 Å². The fraction of sp³-hybridized carbons (Fsp3) is 0.333. The van der Waals surface area contributed by atoms with Crippen LogP contribution in [-0.2, 0) is 6.54 Å². The van der Waals surface area contributed by atoms with Crippen molar-refractivity contribution >= 4 is 16.8 Å². The van der Waals surface area contributed by atoms with Gasteiger partial charge in [-0.3, -0.25) is 9.89 Å². The standard InChI is InChI=1S/C18H20N4O2/c23-18(16-5-2-10-24-16)22-8-6-15(7-9-22)19-11-13-3-1-4-14-12-20-21-17(13)14/h1-5,10,12,15,19H,6-9,11H2,(H,20,21). The van der Waals surface area contributed by atoms with Crippen LogP contribution < -0.4 is 5.32 Å².